The van der Waals surface area contributed by atoms with E-state index in [-0.39, 0.29) is 0 Å². The highest BCUT2D eigenvalue weighted by atomic mass is 35.5. The van der Waals surface area contributed by atoms with Crippen molar-refractivity contribution in [3.63, 3.8) is 0 Å². The summed E-state index contributed by atoms with van der Waals surface area (Å²) in [5.41, 5.74) is 0. The summed E-state index contributed by atoms with van der Waals surface area (Å²) in [5.74, 6) is 0.797. The Morgan fingerprint density at radius 3 is 3.06 bits per heavy atom. The molecule has 0 aliphatic rings. The Morgan fingerprint density at radius 1 is 1.38 bits per heavy atom. The monoisotopic (exact) mass is 237 g/mol. The summed E-state index contributed by atoms with van der Waals surface area (Å²) >= 11 is 5.84. The zero-order valence-corrected chi connectivity index (χ0v) is 9.47. The molecule has 0 saturated heterocycles. The van der Waals surface area contributed by atoms with Crippen LogP contribution in [0.25, 0.3) is 0 Å². The van der Waals surface area contributed by atoms with Crippen molar-refractivity contribution in [2.45, 2.75) is 13.0 Å². The van der Waals surface area contributed by atoms with Gasteiger partial charge in [0, 0.05) is 24.2 Å². The van der Waals surface area contributed by atoms with Crippen LogP contribution in [0.15, 0.2) is 36.7 Å². The molecular weight excluding hydrogens is 226 g/mol. The molecule has 0 aliphatic heterocycles. The summed E-state index contributed by atoms with van der Waals surface area (Å²) in [4.78, 5) is 0. The molecule has 84 valence electrons. The van der Waals surface area contributed by atoms with E-state index in [1.165, 1.54) is 0 Å². The van der Waals surface area contributed by atoms with Crippen molar-refractivity contribution in [3.8, 4) is 5.75 Å². The van der Waals surface area contributed by atoms with Crippen LogP contribution < -0.4 is 4.74 Å². The fraction of sp³-hybridized carbons (Fsp3) is 0.273. The topological polar surface area (TPSA) is 39.9 Å². The number of benzene rings is 1. The molecule has 2 rings (SSSR count). The van der Waals surface area contributed by atoms with Gasteiger partial charge in [0.1, 0.15) is 5.75 Å². The highest BCUT2D eigenvalue weighted by Gasteiger charge is 1.96. The van der Waals surface area contributed by atoms with Gasteiger partial charge in [-0.25, -0.2) is 0 Å². The predicted octanol–water partition coefficient (Wildman–Crippen LogP) is 2.40. The van der Waals surface area contributed by atoms with Crippen LogP contribution in [-0.2, 0) is 6.54 Å². The fourth-order valence-electron chi connectivity index (χ4n) is 1.33. The molecule has 0 N–H and O–H groups in total. The summed E-state index contributed by atoms with van der Waals surface area (Å²) in [6, 6.07) is 7.39. The van der Waals surface area contributed by atoms with E-state index in [1.54, 1.807) is 16.9 Å². The highest BCUT2D eigenvalue weighted by Crippen LogP contribution is 2.17. The van der Waals surface area contributed by atoms with Crippen molar-refractivity contribution in [3.05, 3.63) is 41.7 Å². The van der Waals surface area contributed by atoms with E-state index < -0.39 is 0 Å². The zero-order valence-electron chi connectivity index (χ0n) is 8.71. The van der Waals surface area contributed by atoms with Crippen LogP contribution in [0.3, 0.4) is 0 Å². The van der Waals surface area contributed by atoms with Crippen LogP contribution in [0.5, 0.6) is 5.75 Å². The van der Waals surface area contributed by atoms with Gasteiger partial charge in [0.15, 0.2) is 0 Å². The molecule has 5 heteroatoms. The third kappa shape index (κ3) is 3.24. The number of hydrogen-bond donors (Lipinski definition) is 0. The number of aromatic nitrogens is 3. The number of nitrogens with zero attached hydrogens (tertiary/aromatic N) is 3. The molecule has 0 bridgehead atoms. The van der Waals surface area contributed by atoms with E-state index in [9.17, 15) is 0 Å². The molecule has 1 heterocycles. The van der Waals surface area contributed by atoms with Crippen molar-refractivity contribution < 1.29 is 4.74 Å². The average molecular weight is 238 g/mol. The lowest BCUT2D eigenvalue weighted by molar-refractivity contribution is 0.298. The second-order valence-corrected chi connectivity index (χ2v) is 3.76. The van der Waals surface area contributed by atoms with Crippen molar-refractivity contribution in [1.82, 2.24) is 15.0 Å². The van der Waals surface area contributed by atoms with Crippen LogP contribution in [0.2, 0.25) is 5.02 Å². The standard InChI is InChI=1S/C11H12ClN3O/c12-10-3-1-4-11(9-10)16-8-2-6-15-7-5-13-14-15/h1,3-5,7,9H,2,6,8H2. The van der Waals surface area contributed by atoms with E-state index in [0.29, 0.717) is 11.6 Å². The number of aryl methyl sites for hydroxylation is 1. The normalized spacial score (nSPS) is 10.3. The second kappa shape index (κ2) is 5.51. The van der Waals surface area contributed by atoms with Crippen molar-refractivity contribution >= 4 is 11.6 Å². The fourth-order valence-corrected chi connectivity index (χ4v) is 1.51. The Bertz CT molecular complexity index is 431. The lowest BCUT2D eigenvalue weighted by Crippen LogP contribution is -2.05. The van der Waals surface area contributed by atoms with Crippen molar-refractivity contribution in [2.24, 2.45) is 0 Å². The van der Waals surface area contributed by atoms with Gasteiger partial charge in [-0.2, -0.15) is 0 Å². The Morgan fingerprint density at radius 2 is 2.31 bits per heavy atom. The van der Waals surface area contributed by atoms with E-state index in [1.807, 2.05) is 24.4 Å². The van der Waals surface area contributed by atoms with Gasteiger partial charge in [-0.1, -0.05) is 22.9 Å². The van der Waals surface area contributed by atoms with E-state index in [0.717, 1.165) is 18.7 Å². The largest absolute Gasteiger partial charge is 0.493 e. The highest BCUT2D eigenvalue weighted by molar-refractivity contribution is 6.30. The average Bonchev–Trinajstić information content (AvgIpc) is 2.77. The molecule has 2 aromatic rings. The Kier molecular flexibility index (Phi) is 3.77. The van der Waals surface area contributed by atoms with E-state index in [4.69, 9.17) is 16.3 Å². The smallest absolute Gasteiger partial charge is 0.120 e. The molecule has 0 saturated carbocycles. The SMILES string of the molecule is Clc1cccc(OCCCn2ccnn2)c1. The molecular formula is C11H12ClN3O. The lowest BCUT2D eigenvalue weighted by Gasteiger charge is -2.05. The summed E-state index contributed by atoms with van der Waals surface area (Å²) < 4.78 is 7.32. The first-order valence-electron chi connectivity index (χ1n) is 5.07. The molecule has 4 nitrogen and oxygen atoms in total. The molecule has 0 amide bonds. The number of ether oxygens (including phenoxy) is 1. The van der Waals surface area contributed by atoms with Gasteiger partial charge in [0.25, 0.3) is 0 Å². The Hall–Kier alpha value is -1.55. The zero-order chi connectivity index (χ0) is 11.2. The van der Waals surface area contributed by atoms with E-state index >= 15 is 0 Å². The number of rotatable bonds is 5. The van der Waals surface area contributed by atoms with Crippen LogP contribution in [0.1, 0.15) is 6.42 Å². The molecule has 0 spiro atoms. The van der Waals surface area contributed by atoms with E-state index in [2.05, 4.69) is 10.3 Å². The minimum Gasteiger partial charge on any atom is -0.493 e. The molecule has 0 fully saturated rings. The van der Waals surface area contributed by atoms with Gasteiger partial charge in [-0.05, 0) is 18.2 Å². The molecule has 0 unspecified atom stereocenters. The molecule has 1 aromatic heterocycles. The Labute approximate surface area is 98.8 Å². The van der Waals surface area contributed by atoms with Crippen molar-refractivity contribution in [1.29, 1.82) is 0 Å². The molecule has 16 heavy (non-hydrogen) atoms. The molecule has 1 aromatic carbocycles. The second-order valence-electron chi connectivity index (χ2n) is 3.33. The third-order valence-electron chi connectivity index (χ3n) is 2.07. The summed E-state index contributed by atoms with van der Waals surface area (Å²) in [7, 11) is 0. The first kappa shape index (κ1) is 11.0. The lowest BCUT2D eigenvalue weighted by atomic mass is 10.3. The minimum absolute atomic E-state index is 0.639. The van der Waals surface area contributed by atoms with Crippen LogP contribution in [-0.4, -0.2) is 21.6 Å². The quantitative estimate of drug-likeness (QED) is 0.750. The maximum atomic E-state index is 5.84. The summed E-state index contributed by atoms with van der Waals surface area (Å²) in [6.45, 7) is 1.45. The van der Waals surface area contributed by atoms with Gasteiger partial charge in [0.05, 0.1) is 12.8 Å². The first-order chi connectivity index (χ1) is 7.84. The maximum absolute atomic E-state index is 5.84. The molecule has 0 atom stereocenters. The predicted molar refractivity (Wildman–Crippen MR) is 61.6 cm³/mol. The van der Waals surface area contributed by atoms with Gasteiger partial charge in [-0.15, -0.1) is 5.10 Å². The molecule has 0 aliphatic carbocycles. The van der Waals surface area contributed by atoms with Crippen LogP contribution in [0.4, 0.5) is 0 Å². The Balaban J connectivity index is 1.72. The van der Waals surface area contributed by atoms with Gasteiger partial charge in [0.2, 0.25) is 0 Å². The third-order valence-corrected chi connectivity index (χ3v) is 2.30. The number of halogens is 1. The van der Waals surface area contributed by atoms with Gasteiger partial charge < -0.3 is 4.74 Å². The van der Waals surface area contributed by atoms with Crippen molar-refractivity contribution in [2.75, 3.05) is 6.61 Å². The minimum atomic E-state index is 0.639. The van der Waals surface area contributed by atoms with Crippen LogP contribution in [0, 0.1) is 0 Å². The summed E-state index contributed by atoms with van der Waals surface area (Å²) in [6.07, 6.45) is 4.38. The first-order valence-corrected chi connectivity index (χ1v) is 5.45. The molecule has 0 radical (unpaired) electrons. The van der Waals surface area contributed by atoms with Gasteiger partial charge >= 0.3 is 0 Å². The number of hydrogen-bond acceptors (Lipinski definition) is 3. The summed E-state index contributed by atoms with van der Waals surface area (Å²) in [5, 5.41) is 8.28. The maximum Gasteiger partial charge on any atom is 0.120 e. The van der Waals surface area contributed by atoms with Crippen LogP contribution >= 0.6 is 11.6 Å². The van der Waals surface area contributed by atoms with Gasteiger partial charge in [-0.3, -0.25) is 4.68 Å².